The summed E-state index contributed by atoms with van der Waals surface area (Å²) in [7, 11) is 0. The summed E-state index contributed by atoms with van der Waals surface area (Å²) in [5.41, 5.74) is 3.04. The lowest BCUT2D eigenvalue weighted by molar-refractivity contribution is 0.0961. The maximum atomic E-state index is 12.8. The maximum absolute atomic E-state index is 12.8. The number of pyridine rings is 1. The lowest BCUT2D eigenvalue weighted by atomic mass is 9.99. The first-order valence-electron chi connectivity index (χ1n) is 10.1. The first-order chi connectivity index (χ1) is 15.2. The Kier molecular flexibility index (Phi) is 5.04. The van der Waals surface area contributed by atoms with Gasteiger partial charge in [-0.3, -0.25) is 19.5 Å². The van der Waals surface area contributed by atoms with Crippen molar-refractivity contribution in [3.8, 4) is 0 Å². The average molecular weight is 419 g/mol. The van der Waals surface area contributed by atoms with Crippen molar-refractivity contribution >= 4 is 29.2 Å². The molecule has 1 fully saturated rings. The van der Waals surface area contributed by atoms with Gasteiger partial charge in [0.1, 0.15) is 0 Å². The molecular formula is C21H21N7O3. The number of nitrogens with zero attached hydrogens (tertiary/aromatic N) is 5. The predicted molar refractivity (Wildman–Crippen MR) is 113 cm³/mol. The zero-order chi connectivity index (χ0) is 21.2. The number of hydrogen-bond donors (Lipinski definition) is 2. The molecule has 0 saturated carbocycles. The lowest BCUT2D eigenvalue weighted by Crippen LogP contribution is -2.43. The number of piperazine rings is 1. The van der Waals surface area contributed by atoms with Crippen molar-refractivity contribution in [3.63, 3.8) is 0 Å². The second-order valence-corrected chi connectivity index (χ2v) is 7.34. The van der Waals surface area contributed by atoms with Crippen LogP contribution in [-0.4, -0.2) is 59.7 Å². The number of hydrogen-bond acceptors (Lipinski definition) is 8. The van der Waals surface area contributed by atoms with Gasteiger partial charge >= 0.3 is 17.8 Å². The third-order valence-electron chi connectivity index (χ3n) is 5.44. The van der Waals surface area contributed by atoms with Crippen LogP contribution < -0.4 is 20.4 Å². The molecule has 0 radical (unpaired) electrons. The number of fused-ring (bicyclic) bond motifs is 1. The van der Waals surface area contributed by atoms with E-state index in [-0.39, 0.29) is 17.8 Å². The quantitative estimate of drug-likeness (QED) is 0.651. The van der Waals surface area contributed by atoms with Crippen molar-refractivity contribution in [3.05, 3.63) is 59.7 Å². The van der Waals surface area contributed by atoms with E-state index in [2.05, 4.69) is 30.7 Å². The molecule has 1 aromatic carbocycles. The Balaban J connectivity index is 1.33. The van der Waals surface area contributed by atoms with Gasteiger partial charge in [0.2, 0.25) is 0 Å². The number of amides is 2. The minimum absolute atomic E-state index is 0.0122. The molecular weight excluding hydrogens is 398 g/mol. The molecule has 0 bridgehead atoms. The van der Waals surface area contributed by atoms with Crippen LogP contribution in [0, 0.1) is 0 Å². The van der Waals surface area contributed by atoms with Crippen molar-refractivity contribution in [2.75, 3.05) is 47.8 Å². The van der Waals surface area contributed by atoms with Crippen molar-refractivity contribution in [1.29, 1.82) is 0 Å². The molecule has 0 atom stereocenters. The number of rotatable bonds is 4. The number of aromatic nitrogens is 3. The SMILES string of the molecule is O=C(Nc1cnccc1N1CCNCC1)c1nnc(N2CCc3ccccc3C2=O)o1. The van der Waals surface area contributed by atoms with Crippen molar-refractivity contribution in [1.82, 2.24) is 20.5 Å². The van der Waals surface area contributed by atoms with E-state index >= 15 is 0 Å². The number of anilines is 3. The topological polar surface area (TPSA) is 116 Å². The Morgan fingerprint density at radius 1 is 1.10 bits per heavy atom. The van der Waals surface area contributed by atoms with Gasteiger partial charge in [0.05, 0.1) is 17.6 Å². The summed E-state index contributed by atoms with van der Waals surface area (Å²) in [6, 6.07) is 9.30. The first kappa shape index (κ1) is 19.2. The highest BCUT2D eigenvalue weighted by molar-refractivity contribution is 6.07. The van der Waals surface area contributed by atoms with Crippen LogP contribution in [0.4, 0.5) is 17.4 Å². The summed E-state index contributed by atoms with van der Waals surface area (Å²) >= 11 is 0. The van der Waals surface area contributed by atoms with Gasteiger partial charge in [-0.15, -0.1) is 5.10 Å². The molecule has 0 spiro atoms. The van der Waals surface area contributed by atoms with Gasteiger partial charge in [-0.25, -0.2) is 0 Å². The fraction of sp³-hybridized carbons (Fsp3) is 0.286. The molecule has 1 saturated heterocycles. The van der Waals surface area contributed by atoms with Crippen LogP contribution in [0.3, 0.4) is 0 Å². The molecule has 2 amide bonds. The van der Waals surface area contributed by atoms with E-state index in [0.717, 1.165) is 37.4 Å². The van der Waals surface area contributed by atoms with Crippen LogP contribution in [0.25, 0.3) is 0 Å². The molecule has 2 N–H and O–H groups in total. The largest absolute Gasteiger partial charge is 0.398 e. The standard InChI is InChI=1S/C21H21N7O3/c29-18(24-16-13-23-7-5-17(16)27-11-8-22-9-12-27)19-25-26-21(31-19)28-10-6-14-3-1-2-4-15(14)20(28)30/h1-5,7,13,22H,6,8-12H2,(H,24,29). The van der Waals surface area contributed by atoms with Gasteiger partial charge in [0.15, 0.2) is 0 Å². The summed E-state index contributed by atoms with van der Waals surface area (Å²) in [4.78, 5) is 33.2. The molecule has 158 valence electrons. The normalized spacial score (nSPS) is 16.2. The van der Waals surface area contributed by atoms with Crippen molar-refractivity contribution in [2.45, 2.75) is 6.42 Å². The third-order valence-corrected chi connectivity index (χ3v) is 5.44. The van der Waals surface area contributed by atoms with Gasteiger partial charge in [-0.2, -0.15) is 0 Å². The third kappa shape index (κ3) is 3.73. The molecule has 0 unspecified atom stereocenters. The Bertz CT molecular complexity index is 1120. The molecule has 4 heterocycles. The number of benzene rings is 1. The minimum atomic E-state index is -0.548. The van der Waals surface area contributed by atoms with E-state index in [4.69, 9.17) is 4.42 Å². The van der Waals surface area contributed by atoms with Gasteiger partial charge in [-0.05, 0) is 24.1 Å². The maximum Gasteiger partial charge on any atom is 0.325 e. The Hall–Kier alpha value is -3.79. The molecule has 3 aromatic rings. The van der Waals surface area contributed by atoms with Crippen LogP contribution in [0.2, 0.25) is 0 Å². The highest BCUT2D eigenvalue weighted by Crippen LogP contribution is 2.26. The predicted octanol–water partition coefficient (Wildman–Crippen LogP) is 1.33. The van der Waals surface area contributed by atoms with Crippen LogP contribution in [0.1, 0.15) is 26.6 Å². The molecule has 31 heavy (non-hydrogen) atoms. The van der Waals surface area contributed by atoms with E-state index in [1.54, 1.807) is 18.5 Å². The van der Waals surface area contributed by atoms with Crippen LogP contribution in [0.15, 0.2) is 47.1 Å². The van der Waals surface area contributed by atoms with E-state index in [9.17, 15) is 9.59 Å². The number of carbonyl (C=O) groups excluding carboxylic acids is 2. The zero-order valence-corrected chi connectivity index (χ0v) is 16.7. The van der Waals surface area contributed by atoms with Gasteiger partial charge in [-0.1, -0.05) is 23.3 Å². The van der Waals surface area contributed by atoms with E-state index in [1.807, 2.05) is 24.3 Å². The summed E-state index contributed by atoms with van der Waals surface area (Å²) in [5.74, 6) is -0.976. The van der Waals surface area contributed by atoms with Gasteiger partial charge in [0, 0.05) is 44.5 Å². The van der Waals surface area contributed by atoms with Crippen molar-refractivity contribution < 1.29 is 14.0 Å². The molecule has 10 heteroatoms. The second kappa shape index (κ2) is 8.15. The number of carbonyl (C=O) groups is 2. The zero-order valence-electron chi connectivity index (χ0n) is 16.7. The van der Waals surface area contributed by atoms with E-state index in [0.29, 0.717) is 24.2 Å². The minimum Gasteiger partial charge on any atom is -0.398 e. The van der Waals surface area contributed by atoms with E-state index < -0.39 is 5.91 Å². The van der Waals surface area contributed by atoms with Gasteiger partial charge < -0.3 is 20.0 Å². The summed E-state index contributed by atoms with van der Waals surface area (Å²) in [6.45, 7) is 3.81. The first-order valence-corrected chi connectivity index (χ1v) is 10.1. The van der Waals surface area contributed by atoms with E-state index in [1.165, 1.54) is 4.90 Å². The number of nitrogens with one attached hydrogen (secondary N) is 2. The molecule has 5 rings (SSSR count). The molecule has 10 nitrogen and oxygen atoms in total. The highest BCUT2D eigenvalue weighted by Gasteiger charge is 2.30. The molecule has 2 aliphatic rings. The highest BCUT2D eigenvalue weighted by atomic mass is 16.4. The smallest absolute Gasteiger partial charge is 0.325 e. The summed E-state index contributed by atoms with van der Waals surface area (Å²) in [6.07, 6.45) is 3.96. The molecule has 2 aliphatic heterocycles. The molecule has 0 aliphatic carbocycles. The fourth-order valence-electron chi connectivity index (χ4n) is 3.87. The second-order valence-electron chi connectivity index (χ2n) is 7.34. The molecule has 2 aromatic heterocycles. The average Bonchev–Trinajstić information content (AvgIpc) is 3.31. The summed E-state index contributed by atoms with van der Waals surface area (Å²) in [5, 5.41) is 13.9. The Morgan fingerprint density at radius 3 is 2.81 bits per heavy atom. The Labute approximate surface area is 178 Å². The van der Waals surface area contributed by atoms with Crippen LogP contribution >= 0.6 is 0 Å². The van der Waals surface area contributed by atoms with Crippen LogP contribution in [-0.2, 0) is 6.42 Å². The Morgan fingerprint density at radius 2 is 1.94 bits per heavy atom. The van der Waals surface area contributed by atoms with Crippen LogP contribution in [0.5, 0.6) is 0 Å². The van der Waals surface area contributed by atoms with Gasteiger partial charge in [0.25, 0.3) is 5.91 Å². The summed E-state index contributed by atoms with van der Waals surface area (Å²) < 4.78 is 5.55. The monoisotopic (exact) mass is 419 g/mol. The fourth-order valence-corrected chi connectivity index (χ4v) is 3.87. The van der Waals surface area contributed by atoms with Crippen molar-refractivity contribution in [2.24, 2.45) is 0 Å². The lowest BCUT2D eigenvalue weighted by Gasteiger charge is -2.30.